The molecule has 1 aliphatic carbocycles. The van der Waals surface area contributed by atoms with Crippen molar-refractivity contribution in [3.05, 3.63) is 23.3 Å². The predicted octanol–water partition coefficient (Wildman–Crippen LogP) is 1.10. The molecule has 1 spiro atoms. The number of hydrogen-bond donors (Lipinski definition) is 2. The average Bonchev–Trinajstić information content (AvgIpc) is 2.94. The predicted molar refractivity (Wildman–Crippen MR) is 103 cm³/mol. The van der Waals surface area contributed by atoms with Crippen molar-refractivity contribution in [1.29, 1.82) is 0 Å². The minimum atomic E-state index is -0.681. The zero-order chi connectivity index (χ0) is 19.9. The second kappa shape index (κ2) is 7.28. The highest BCUT2D eigenvalue weighted by molar-refractivity contribution is 6.07. The first kappa shape index (κ1) is 19.1. The van der Waals surface area contributed by atoms with E-state index in [4.69, 9.17) is 9.47 Å². The van der Waals surface area contributed by atoms with Gasteiger partial charge in [0.15, 0.2) is 18.2 Å². The third-order valence-corrected chi connectivity index (χ3v) is 6.78. The molecular weight excluding hydrogens is 358 g/mol. The van der Waals surface area contributed by atoms with Crippen LogP contribution in [0.5, 0.6) is 11.5 Å². The minimum Gasteiger partial charge on any atom is -0.493 e. The van der Waals surface area contributed by atoms with Crippen molar-refractivity contribution in [3.8, 4) is 11.5 Å². The maximum Gasteiger partial charge on any atom is 0.329 e. The number of carbonyl (C=O) groups excluding carboxylic acids is 2. The summed E-state index contributed by atoms with van der Waals surface area (Å²) in [6.45, 7) is 4.13. The summed E-state index contributed by atoms with van der Waals surface area (Å²) in [6, 6.07) is 3.82. The Bertz CT molecular complexity index is 796. The first-order chi connectivity index (χ1) is 13.5. The molecular formula is C21H30N3O4+. The van der Waals surface area contributed by atoms with E-state index < -0.39 is 5.54 Å². The molecule has 1 saturated carbocycles. The van der Waals surface area contributed by atoms with E-state index >= 15 is 0 Å². The number of ether oxygens (including phenoxy) is 2. The summed E-state index contributed by atoms with van der Waals surface area (Å²) in [7, 11) is 3.28. The monoisotopic (exact) mass is 388 g/mol. The molecule has 2 fully saturated rings. The second-order valence-corrected chi connectivity index (χ2v) is 8.34. The topological polar surface area (TPSA) is 72.3 Å². The van der Waals surface area contributed by atoms with Crippen LogP contribution in [0.1, 0.15) is 43.7 Å². The summed E-state index contributed by atoms with van der Waals surface area (Å²) in [5.74, 6) is 1.62. The first-order valence-electron chi connectivity index (χ1n) is 10.2. The molecule has 3 aliphatic rings. The Morgan fingerprint density at radius 2 is 1.89 bits per heavy atom. The van der Waals surface area contributed by atoms with Gasteiger partial charge in [0.05, 0.1) is 20.8 Å². The van der Waals surface area contributed by atoms with Crippen LogP contribution in [0.4, 0.5) is 4.79 Å². The van der Waals surface area contributed by atoms with Crippen LogP contribution in [0.15, 0.2) is 12.1 Å². The highest BCUT2D eigenvalue weighted by atomic mass is 16.5. The fourth-order valence-electron chi connectivity index (χ4n) is 5.03. The largest absolute Gasteiger partial charge is 0.493 e. The van der Waals surface area contributed by atoms with Crippen LogP contribution in [0.3, 0.4) is 0 Å². The summed E-state index contributed by atoms with van der Waals surface area (Å²) in [6.07, 6.45) is 4.76. The van der Waals surface area contributed by atoms with Gasteiger partial charge >= 0.3 is 6.03 Å². The van der Waals surface area contributed by atoms with Crippen LogP contribution in [-0.4, -0.2) is 49.8 Å². The number of quaternary nitrogens is 1. The summed E-state index contributed by atoms with van der Waals surface area (Å²) in [5, 5.41) is 3.05. The number of carbonyl (C=O) groups is 2. The Morgan fingerprint density at radius 3 is 2.57 bits per heavy atom. The van der Waals surface area contributed by atoms with E-state index in [0.29, 0.717) is 12.4 Å². The van der Waals surface area contributed by atoms with E-state index in [-0.39, 0.29) is 17.9 Å². The van der Waals surface area contributed by atoms with Crippen molar-refractivity contribution in [2.45, 2.75) is 51.1 Å². The molecule has 2 heterocycles. The van der Waals surface area contributed by atoms with E-state index in [9.17, 15) is 9.59 Å². The lowest BCUT2D eigenvalue weighted by molar-refractivity contribution is -0.923. The van der Waals surface area contributed by atoms with Crippen LogP contribution in [0.25, 0.3) is 0 Å². The normalized spacial score (nSPS) is 29.6. The molecule has 152 valence electrons. The number of rotatable bonds is 4. The van der Waals surface area contributed by atoms with E-state index in [1.165, 1.54) is 20.9 Å². The zero-order valence-electron chi connectivity index (χ0n) is 17.0. The number of fused-ring (bicyclic) bond motifs is 1. The number of benzene rings is 1. The number of hydrogen-bond acceptors (Lipinski definition) is 4. The maximum atomic E-state index is 13.2. The third-order valence-electron chi connectivity index (χ3n) is 6.78. The Hall–Kier alpha value is -2.28. The second-order valence-electron chi connectivity index (χ2n) is 8.34. The van der Waals surface area contributed by atoms with Gasteiger partial charge in [-0.2, -0.15) is 0 Å². The molecule has 2 aliphatic heterocycles. The van der Waals surface area contributed by atoms with Crippen LogP contribution < -0.4 is 19.7 Å². The van der Waals surface area contributed by atoms with Gasteiger partial charge in [-0.05, 0) is 36.5 Å². The van der Waals surface area contributed by atoms with Crippen LogP contribution in [0.2, 0.25) is 0 Å². The Morgan fingerprint density at radius 1 is 1.18 bits per heavy atom. The molecule has 2 N–H and O–H groups in total. The summed E-state index contributed by atoms with van der Waals surface area (Å²) in [4.78, 5) is 28.5. The number of nitrogens with one attached hydrogen (secondary N) is 2. The Balaban J connectivity index is 1.50. The zero-order valence-corrected chi connectivity index (χ0v) is 17.0. The summed E-state index contributed by atoms with van der Waals surface area (Å²) in [5.41, 5.74) is 1.75. The SMILES string of the molecule is COc1cc2c(cc1OC)C[NH+](CN1C(=O)N[C@@]3(CCCC[C@H]3C)C1=O)CC2. The van der Waals surface area contributed by atoms with Gasteiger partial charge in [0.25, 0.3) is 5.91 Å². The van der Waals surface area contributed by atoms with Crippen LogP contribution in [-0.2, 0) is 17.8 Å². The Kier molecular flexibility index (Phi) is 4.95. The molecule has 3 amide bonds. The minimum absolute atomic E-state index is 0.0321. The Labute approximate surface area is 166 Å². The van der Waals surface area contributed by atoms with Gasteiger partial charge in [0.1, 0.15) is 12.1 Å². The molecule has 3 atom stereocenters. The van der Waals surface area contributed by atoms with Gasteiger partial charge < -0.3 is 19.7 Å². The molecule has 28 heavy (non-hydrogen) atoms. The van der Waals surface area contributed by atoms with Gasteiger partial charge in [0.2, 0.25) is 0 Å². The average molecular weight is 388 g/mol. The lowest BCUT2D eigenvalue weighted by atomic mass is 9.73. The molecule has 4 rings (SSSR count). The molecule has 0 radical (unpaired) electrons. The van der Waals surface area contributed by atoms with E-state index in [0.717, 1.165) is 50.9 Å². The molecule has 1 aromatic carbocycles. The van der Waals surface area contributed by atoms with Crippen molar-refractivity contribution in [1.82, 2.24) is 10.2 Å². The van der Waals surface area contributed by atoms with Crippen molar-refractivity contribution >= 4 is 11.9 Å². The van der Waals surface area contributed by atoms with Crippen molar-refractivity contribution in [3.63, 3.8) is 0 Å². The van der Waals surface area contributed by atoms with E-state index in [1.54, 1.807) is 14.2 Å². The standard InChI is InChI=1S/C21H29N3O4/c1-14-6-4-5-8-21(14)19(25)24(20(26)22-21)13-23-9-7-15-10-17(27-2)18(28-3)11-16(15)12-23/h10-11,14H,4-9,12-13H2,1-3H3,(H,22,26)/p+1/t14-,21-/m1/s1. The number of methoxy groups -OCH3 is 2. The molecule has 0 bridgehead atoms. The lowest BCUT2D eigenvalue weighted by Crippen LogP contribution is -3.13. The van der Waals surface area contributed by atoms with Gasteiger partial charge in [0, 0.05) is 12.0 Å². The van der Waals surface area contributed by atoms with Gasteiger partial charge in [-0.3, -0.25) is 4.79 Å². The van der Waals surface area contributed by atoms with Crippen LogP contribution in [0, 0.1) is 5.92 Å². The first-order valence-corrected chi connectivity index (χ1v) is 10.2. The van der Waals surface area contributed by atoms with Gasteiger partial charge in [-0.1, -0.05) is 19.8 Å². The number of nitrogens with zero attached hydrogens (tertiary/aromatic N) is 1. The quantitative estimate of drug-likeness (QED) is 0.758. The highest BCUT2D eigenvalue weighted by Gasteiger charge is 2.55. The third kappa shape index (κ3) is 3.02. The highest BCUT2D eigenvalue weighted by Crippen LogP contribution is 2.38. The summed E-state index contributed by atoms with van der Waals surface area (Å²) < 4.78 is 10.8. The maximum absolute atomic E-state index is 13.2. The smallest absolute Gasteiger partial charge is 0.329 e. The van der Waals surface area contributed by atoms with Crippen molar-refractivity contribution in [2.75, 3.05) is 27.4 Å². The van der Waals surface area contributed by atoms with Gasteiger partial charge in [-0.15, -0.1) is 0 Å². The van der Waals surface area contributed by atoms with E-state index in [2.05, 4.69) is 12.2 Å². The fourth-order valence-corrected chi connectivity index (χ4v) is 5.03. The number of amides is 3. The van der Waals surface area contributed by atoms with Crippen LogP contribution >= 0.6 is 0 Å². The summed E-state index contributed by atoms with van der Waals surface area (Å²) >= 11 is 0. The molecule has 0 aromatic heterocycles. The van der Waals surface area contributed by atoms with Gasteiger partial charge in [-0.25, -0.2) is 9.69 Å². The molecule has 1 unspecified atom stereocenters. The molecule has 7 nitrogen and oxygen atoms in total. The lowest BCUT2D eigenvalue weighted by Gasteiger charge is -2.37. The van der Waals surface area contributed by atoms with E-state index in [1.807, 2.05) is 12.1 Å². The van der Waals surface area contributed by atoms with Crippen molar-refractivity contribution < 1.29 is 24.0 Å². The number of urea groups is 1. The van der Waals surface area contributed by atoms with Crippen molar-refractivity contribution in [2.24, 2.45) is 5.92 Å². The fraction of sp³-hybridized carbons (Fsp3) is 0.619. The molecule has 1 saturated heterocycles. The number of imide groups is 1. The molecule has 1 aromatic rings. The molecule has 7 heteroatoms.